The van der Waals surface area contributed by atoms with Crippen LogP contribution in [0.4, 0.5) is 11.4 Å². The number of amides is 1. The molecule has 8 nitrogen and oxygen atoms in total. The Morgan fingerprint density at radius 1 is 1.09 bits per heavy atom. The molecule has 174 valence electrons. The summed E-state index contributed by atoms with van der Waals surface area (Å²) < 4.78 is 52.8. The largest absolute Gasteiger partial charge is 0.324 e. The second-order valence-corrected chi connectivity index (χ2v) is 11.8. The number of nitrogens with one attached hydrogen (secondary N) is 1. The lowest BCUT2D eigenvalue weighted by Gasteiger charge is -2.30. The summed E-state index contributed by atoms with van der Waals surface area (Å²) in [6.45, 7) is 2.71. The minimum absolute atomic E-state index is 0.154. The molecule has 1 fully saturated rings. The third kappa shape index (κ3) is 5.43. The van der Waals surface area contributed by atoms with E-state index in [4.69, 9.17) is 11.6 Å². The van der Waals surface area contributed by atoms with E-state index in [-0.39, 0.29) is 17.0 Å². The number of halogens is 1. The molecule has 0 radical (unpaired) electrons. The Morgan fingerprint density at radius 3 is 2.25 bits per heavy atom. The van der Waals surface area contributed by atoms with Crippen LogP contribution in [0.3, 0.4) is 0 Å². The quantitative estimate of drug-likeness (QED) is 0.600. The molecule has 2 aromatic rings. The maximum atomic E-state index is 13.0. The Bertz CT molecular complexity index is 1180. The summed E-state index contributed by atoms with van der Waals surface area (Å²) in [5.74, 6) is -0.534. The number of hydrogen-bond acceptors (Lipinski definition) is 5. The Kier molecular flexibility index (Phi) is 7.49. The summed E-state index contributed by atoms with van der Waals surface area (Å²) in [6, 6.07) is 11.1. The van der Waals surface area contributed by atoms with E-state index in [1.165, 1.54) is 34.6 Å². The molecule has 0 spiro atoms. The lowest BCUT2D eigenvalue weighted by atomic mass is 10.2. The number of sulfonamides is 2. The third-order valence-electron chi connectivity index (χ3n) is 5.22. The van der Waals surface area contributed by atoms with Gasteiger partial charge in [-0.05, 0) is 61.7 Å². The van der Waals surface area contributed by atoms with Gasteiger partial charge in [0, 0.05) is 23.8 Å². The summed E-state index contributed by atoms with van der Waals surface area (Å²) in [5.41, 5.74) is 0.655. The molecular formula is C21H26ClN3O5S2. The van der Waals surface area contributed by atoms with Gasteiger partial charge < -0.3 is 5.32 Å². The summed E-state index contributed by atoms with van der Waals surface area (Å²) in [5, 5.41) is 3.04. The average Bonchev–Trinajstić information content (AvgIpc) is 3.27. The fourth-order valence-electron chi connectivity index (χ4n) is 3.69. The van der Waals surface area contributed by atoms with E-state index in [9.17, 15) is 21.6 Å². The van der Waals surface area contributed by atoms with Crippen molar-refractivity contribution >= 4 is 48.9 Å². The van der Waals surface area contributed by atoms with Crippen LogP contribution in [0.1, 0.15) is 26.2 Å². The molecule has 1 aliphatic rings. The van der Waals surface area contributed by atoms with Crippen molar-refractivity contribution in [3.8, 4) is 0 Å². The molecule has 1 N–H and O–H groups in total. The van der Waals surface area contributed by atoms with Gasteiger partial charge in [0.05, 0.1) is 16.8 Å². The highest BCUT2D eigenvalue weighted by molar-refractivity contribution is 7.92. The fourth-order valence-corrected chi connectivity index (χ4v) is 6.59. The van der Waals surface area contributed by atoms with Crippen molar-refractivity contribution in [3.05, 3.63) is 53.6 Å². The van der Waals surface area contributed by atoms with Crippen molar-refractivity contribution < 1.29 is 21.6 Å². The van der Waals surface area contributed by atoms with E-state index in [1.54, 1.807) is 25.1 Å². The van der Waals surface area contributed by atoms with E-state index in [2.05, 4.69) is 5.32 Å². The Labute approximate surface area is 194 Å². The maximum Gasteiger partial charge on any atom is 0.248 e. The highest BCUT2D eigenvalue weighted by Gasteiger charge is 2.32. The lowest BCUT2D eigenvalue weighted by molar-refractivity contribution is -0.117. The van der Waals surface area contributed by atoms with E-state index in [1.807, 2.05) is 0 Å². The number of benzene rings is 2. The van der Waals surface area contributed by atoms with Crippen molar-refractivity contribution in [1.29, 1.82) is 0 Å². The van der Waals surface area contributed by atoms with Gasteiger partial charge in [0.1, 0.15) is 6.04 Å². The van der Waals surface area contributed by atoms with Gasteiger partial charge in [-0.2, -0.15) is 4.31 Å². The summed E-state index contributed by atoms with van der Waals surface area (Å²) in [6.07, 6.45) is 2.93. The van der Waals surface area contributed by atoms with Crippen LogP contribution in [0.25, 0.3) is 0 Å². The molecule has 1 aliphatic heterocycles. The zero-order valence-corrected chi connectivity index (χ0v) is 20.3. The molecule has 0 bridgehead atoms. The van der Waals surface area contributed by atoms with Gasteiger partial charge in [-0.3, -0.25) is 9.10 Å². The molecule has 0 saturated carbocycles. The Morgan fingerprint density at radius 2 is 1.72 bits per heavy atom. The minimum Gasteiger partial charge on any atom is -0.324 e. The second kappa shape index (κ2) is 9.78. The topological polar surface area (TPSA) is 104 Å². The normalized spacial score (nSPS) is 16.0. The van der Waals surface area contributed by atoms with Crippen LogP contribution in [0, 0.1) is 0 Å². The van der Waals surface area contributed by atoms with Crippen LogP contribution in [-0.2, 0) is 24.8 Å². The van der Waals surface area contributed by atoms with Crippen molar-refractivity contribution in [2.45, 2.75) is 37.1 Å². The number of anilines is 2. The number of carbonyl (C=O) groups excluding carboxylic acids is 1. The first-order valence-corrected chi connectivity index (χ1v) is 13.9. The predicted octanol–water partition coefficient (Wildman–Crippen LogP) is 3.31. The molecule has 1 heterocycles. The molecule has 3 rings (SSSR count). The van der Waals surface area contributed by atoms with Gasteiger partial charge in [0.25, 0.3) is 0 Å². The zero-order chi connectivity index (χ0) is 23.5. The van der Waals surface area contributed by atoms with E-state index < -0.39 is 32.0 Å². The standard InChI is InChI=1S/C21H26ClN3O5S2/c1-3-20(25(31(2,27)28)18-8-6-7-16(22)15-18)21(26)23-17-9-11-19(12-10-17)32(29,30)24-13-4-5-14-24/h6-12,15,20H,3-5,13-14H2,1-2H3,(H,23,26)/t20-/m1/s1. The highest BCUT2D eigenvalue weighted by atomic mass is 35.5. The fraction of sp³-hybridized carbons (Fsp3) is 0.381. The summed E-state index contributed by atoms with van der Waals surface area (Å²) in [7, 11) is -7.35. The van der Waals surface area contributed by atoms with E-state index in [0.29, 0.717) is 23.8 Å². The minimum atomic E-state index is -3.79. The second-order valence-electron chi connectivity index (χ2n) is 7.59. The van der Waals surface area contributed by atoms with Crippen molar-refractivity contribution in [2.24, 2.45) is 0 Å². The molecule has 0 aromatic heterocycles. The van der Waals surface area contributed by atoms with Crippen molar-refractivity contribution in [3.63, 3.8) is 0 Å². The first kappa shape index (κ1) is 24.5. The molecule has 2 aromatic carbocycles. The molecule has 1 saturated heterocycles. The number of carbonyl (C=O) groups is 1. The smallest absolute Gasteiger partial charge is 0.248 e. The molecule has 1 amide bonds. The van der Waals surface area contributed by atoms with Gasteiger partial charge >= 0.3 is 0 Å². The predicted molar refractivity (Wildman–Crippen MR) is 126 cm³/mol. The molecule has 32 heavy (non-hydrogen) atoms. The molecule has 0 unspecified atom stereocenters. The van der Waals surface area contributed by atoms with E-state index >= 15 is 0 Å². The molecular weight excluding hydrogens is 474 g/mol. The SMILES string of the molecule is CC[C@H](C(=O)Nc1ccc(S(=O)(=O)N2CCCC2)cc1)N(c1cccc(Cl)c1)S(C)(=O)=O. The van der Waals surface area contributed by atoms with Crippen LogP contribution in [0.5, 0.6) is 0 Å². The number of nitrogens with zero attached hydrogens (tertiary/aromatic N) is 2. The molecule has 11 heteroatoms. The maximum absolute atomic E-state index is 13.0. The highest BCUT2D eigenvalue weighted by Crippen LogP contribution is 2.27. The first-order valence-electron chi connectivity index (χ1n) is 10.2. The van der Waals surface area contributed by atoms with Crippen molar-refractivity contribution in [2.75, 3.05) is 29.0 Å². The van der Waals surface area contributed by atoms with Gasteiger partial charge in [0.2, 0.25) is 26.0 Å². The van der Waals surface area contributed by atoms with Crippen LogP contribution in [0.15, 0.2) is 53.4 Å². The lowest BCUT2D eigenvalue weighted by Crippen LogP contribution is -2.47. The van der Waals surface area contributed by atoms with Gasteiger partial charge in [0.15, 0.2) is 0 Å². The monoisotopic (exact) mass is 499 g/mol. The summed E-state index contributed by atoms with van der Waals surface area (Å²) >= 11 is 6.02. The first-order chi connectivity index (χ1) is 15.0. The van der Waals surface area contributed by atoms with Gasteiger partial charge in [-0.1, -0.05) is 24.6 Å². The Hall–Kier alpha value is -2.14. The molecule has 1 atom stereocenters. The van der Waals surface area contributed by atoms with Gasteiger partial charge in [-0.25, -0.2) is 16.8 Å². The van der Waals surface area contributed by atoms with Crippen molar-refractivity contribution in [1.82, 2.24) is 4.31 Å². The van der Waals surface area contributed by atoms with Crippen LogP contribution >= 0.6 is 11.6 Å². The number of rotatable bonds is 8. The zero-order valence-electron chi connectivity index (χ0n) is 17.9. The van der Waals surface area contributed by atoms with Crippen LogP contribution in [0.2, 0.25) is 5.02 Å². The average molecular weight is 500 g/mol. The third-order valence-corrected chi connectivity index (χ3v) is 8.54. The van der Waals surface area contributed by atoms with E-state index in [0.717, 1.165) is 23.4 Å². The Balaban J connectivity index is 1.82. The molecule has 0 aliphatic carbocycles. The number of hydrogen-bond donors (Lipinski definition) is 1. The van der Waals surface area contributed by atoms with Gasteiger partial charge in [-0.15, -0.1) is 0 Å². The van der Waals surface area contributed by atoms with Crippen LogP contribution < -0.4 is 9.62 Å². The summed E-state index contributed by atoms with van der Waals surface area (Å²) in [4.78, 5) is 13.2. The van der Waals surface area contributed by atoms with Crippen LogP contribution in [-0.4, -0.2) is 52.4 Å².